The number of methoxy groups -OCH3 is 1. The van der Waals surface area contributed by atoms with Gasteiger partial charge in [0.15, 0.2) is 6.61 Å². The first-order valence-electron chi connectivity index (χ1n) is 7.92. The molecule has 1 heterocycles. The molecular weight excluding hydrogens is 386 g/mol. The standard InChI is InChI=1S/C19H18BrNO4/c1-12-9-13-5-3-4-6-17(13)21(12)18(22)11-25-19(23)15-10-14(24-2)7-8-16(15)20/h3-8,10,12H,9,11H2,1-2H3/t12-/m0/s1. The molecular formula is C19H18BrNO4. The maximum atomic E-state index is 12.6. The van der Waals surface area contributed by atoms with E-state index >= 15 is 0 Å². The fraction of sp³-hybridized carbons (Fsp3) is 0.263. The van der Waals surface area contributed by atoms with Gasteiger partial charge in [0.2, 0.25) is 0 Å². The first kappa shape index (κ1) is 17.5. The van der Waals surface area contributed by atoms with E-state index in [4.69, 9.17) is 9.47 Å². The van der Waals surface area contributed by atoms with E-state index in [1.165, 1.54) is 7.11 Å². The Morgan fingerprint density at radius 2 is 2.00 bits per heavy atom. The second kappa shape index (κ2) is 7.27. The molecule has 6 heteroatoms. The summed E-state index contributed by atoms with van der Waals surface area (Å²) in [4.78, 5) is 26.6. The quantitative estimate of drug-likeness (QED) is 0.731. The molecule has 0 saturated heterocycles. The summed E-state index contributed by atoms with van der Waals surface area (Å²) in [6.45, 7) is 1.68. The molecule has 1 amide bonds. The van der Waals surface area contributed by atoms with Crippen molar-refractivity contribution >= 4 is 33.5 Å². The first-order valence-corrected chi connectivity index (χ1v) is 8.71. The highest BCUT2D eigenvalue weighted by molar-refractivity contribution is 9.10. The van der Waals surface area contributed by atoms with Crippen LogP contribution in [0.3, 0.4) is 0 Å². The number of hydrogen-bond donors (Lipinski definition) is 0. The van der Waals surface area contributed by atoms with Crippen molar-refractivity contribution in [1.29, 1.82) is 0 Å². The van der Waals surface area contributed by atoms with Gasteiger partial charge < -0.3 is 14.4 Å². The SMILES string of the molecule is COc1ccc(Br)c(C(=O)OCC(=O)N2c3ccccc3C[C@@H]2C)c1. The van der Waals surface area contributed by atoms with E-state index in [1.807, 2.05) is 31.2 Å². The predicted octanol–water partition coefficient (Wildman–Crippen LogP) is 3.59. The highest BCUT2D eigenvalue weighted by atomic mass is 79.9. The van der Waals surface area contributed by atoms with Crippen molar-refractivity contribution in [3.63, 3.8) is 0 Å². The van der Waals surface area contributed by atoms with Crippen molar-refractivity contribution in [3.05, 3.63) is 58.1 Å². The maximum absolute atomic E-state index is 12.6. The van der Waals surface area contributed by atoms with Crippen molar-refractivity contribution < 1.29 is 19.1 Å². The zero-order valence-electron chi connectivity index (χ0n) is 14.0. The normalized spacial score (nSPS) is 15.6. The number of carbonyl (C=O) groups excluding carboxylic acids is 2. The van der Waals surface area contributed by atoms with Crippen molar-refractivity contribution in [2.24, 2.45) is 0 Å². The van der Waals surface area contributed by atoms with Gasteiger partial charge in [0.25, 0.3) is 5.91 Å². The second-order valence-electron chi connectivity index (χ2n) is 5.87. The number of esters is 1. The lowest BCUT2D eigenvalue weighted by Crippen LogP contribution is -2.38. The lowest BCUT2D eigenvalue weighted by Gasteiger charge is -2.22. The summed E-state index contributed by atoms with van der Waals surface area (Å²) in [7, 11) is 1.52. The molecule has 0 N–H and O–H groups in total. The monoisotopic (exact) mass is 403 g/mol. The number of fused-ring (bicyclic) bond motifs is 1. The summed E-state index contributed by atoms with van der Waals surface area (Å²) in [6, 6.07) is 12.8. The molecule has 0 fully saturated rings. The number of halogens is 1. The summed E-state index contributed by atoms with van der Waals surface area (Å²) in [5.41, 5.74) is 2.34. The Morgan fingerprint density at radius 1 is 1.24 bits per heavy atom. The number of ether oxygens (including phenoxy) is 2. The Kier molecular flexibility index (Phi) is 5.08. The third-order valence-corrected chi connectivity index (χ3v) is 4.89. The fourth-order valence-electron chi connectivity index (χ4n) is 3.01. The second-order valence-corrected chi connectivity index (χ2v) is 6.72. The Bertz CT molecular complexity index is 821. The number of amides is 1. The van der Waals surface area contributed by atoms with Gasteiger partial charge >= 0.3 is 5.97 Å². The molecule has 5 nitrogen and oxygen atoms in total. The van der Waals surface area contributed by atoms with E-state index < -0.39 is 5.97 Å². The summed E-state index contributed by atoms with van der Waals surface area (Å²) < 4.78 is 10.9. The van der Waals surface area contributed by atoms with E-state index in [9.17, 15) is 9.59 Å². The van der Waals surface area contributed by atoms with Crippen LogP contribution < -0.4 is 9.64 Å². The summed E-state index contributed by atoms with van der Waals surface area (Å²) >= 11 is 3.31. The van der Waals surface area contributed by atoms with Gasteiger partial charge in [-0.15, -0.1) is 0 Å². The molecule has 0 unspecified atom stereocenters. The topological polar surface area (TPSA) is 55.8 Å². The largest absolute Gasteiger partial charge is 0.497 e. The number of para-hydroxylation sites is 1. The van der Waals surface area contributed by atoms with Crippen molar-refractivity contribution in [2.75, 3.05) is 18.6 Å². The molecule has 0 aliphatic carbocycles. The third-order valence-electron chi connectivity index (χ3n) is 4.20. The van der Waals surface area contributed by atoms with E-state index in [-0.39, 0.29) is 18.6 Å². The van der Waals surface area contributed by atoms with Crippen LogP contribution in [0.5, 0.6) is 5.75 Å². The van der Waals surface area contributed by atoms with Crippen molar-refractivity contribution in [2.45, 2.75) is 19.4 Å². The van der Waals surface area contributed by atoms with Gasteiger partial charge in [-0.3, -0.25) is 4.79 Å². The number of rotatable bonds is 4. The highest BCUT2D eigenvalue weighted by Gasteiger charge is 2.31. The number of anilines is 1. The lowest BCUT2D eigenvalue weighted by molar-refractivity contribution is -0.122. The van der Waals surface area contributed by atoms with Gasteiger partial charge in [-0.05, 0) is 59.1 Å². The fourth-order valence-corrected chi connectivity index (χ4v) is 3.42. The van der Waals surface area contributed by atoms with E-state index in [1.54, 1.807) is 23.1 Å². The van der Waals surface area contributed by atoms with E-state index in [0.717, 1.165) is 17.7 Å². The molecule has 25 heavy (non-hydrogen) atoms. The van der Waals surface area contributed by atoms with Crippen LogP contribution in [0.4, 0.5) is 5.69 Å². The van der Waals surface area contributed by atoms with Crippen LogP contribution in [0.1, 0.15) is 22.8 Å². The number of carbonyl (C=O) groups is 2. The van der Waals surface area contributed by atoms with Gasteiger partial charge in [-0.25, -0.2) is 4.79 Å². The number of benzene rings is 2. The zero-order valence-corrected chi connectivity index (χ0v) is 15.6. The summed E-state index contributed by atoms with van der Waals surface area (Å²) in [5.74, 6) is -0.257. The number of hydrogen-bond acceptors (Lipinski definition) is 4. The van der Waals surface area contributed by atoms with Gasteiger partial charge in [-0.2, -0.15) is 0 Å². The molecule has 1 aliphatic rings. The smallest absolute Gasteiger partial charge is 0.339 e. The minimum atomic E-state index is -0.570. The minimum absolute atomic E-state index is 0.0483. The average Bonchev–Trinajstić information content (AvgIpc) is 2.95. The molecule has 0 radical (unpaired) electrons. The number of nitrogens with zero attached hydrogens (tertiary/aromatic N) is 1. The van der Waals surface area contributed by atoms with Gasteiger partial charge in [0.05, 0.1) is 12.7 Å². The Labute approximate surface area is 154 Å². The zero-order chi connectivity index (χ0) is 18.0. The predicted molar refractivity (Wildman–Crippen MR) is 98.1 cm³/mol. The maximum Gasteiger partial charge on any atom is 0.339 e. The van der Waals surface area contributed by atoms with Crippen LogP contribution in [0.15, 0.2) is 46.9 Å². The molecule has 0 aromatic heterocycles. The van der Waals surface area contributed by atoms with E-state index in [2.05, 4.69) is 15.9 Å². The van der Waals surface area contributed by atoms with Crippen molar-refractivity contribution in [1.82, 2.24) is 0 Å². The van der Waals surface area contributed by atoms with Crippen LogP contribution >= 0.6 is 15.9 Å². The Morgan fingerprint density at radius 3 is 2.76 bits per heavy atom. The molecule has 1 atom stereocenters. The summed E-state index contributed by atoms with van der Waals surface area (Å²) in [5, 5.41) is 0. The first-order chi connectivity index (χ1) is 12.0. The van der Waals surface area contributed by atoms with Gasteiger partial charge in [0.1, 0.15) is 5.75 Å². The molecule has 0 spiro atoms. The molecule has 0 bridgehead atoms. The molecule has 3 rings (SSSR count). The average molecular weight is 404 g/mol. The molecule has 2 aromatic rings. The van der Waals surface area contributed by atoms with Crippen LogP contribution in [0, 0.1) is 0 Å². The van der Waals surface area contributed by atoms with Crippen LogP contribution in [-0.4, -0.2) is 31.6 Å². The molecule has 1 aliphatic heterocycles. The van der Waals surface area contributed by atoms with Crippen LogP contribution in [0.2, 0.25) is 0 Å². The molecule has 0 saturated carbocycles. The molecule has 130 valence electrons. The van der Waals surface area contributed by atoms with Crippen LogP contribution in [0.25, 0.3) is 0 Å². The Balaban J connectivity index is 1.70. The highest BCUT2D eigenvalue weighted by Crippen LogP contribution is 2.32. The van der Waals surface area contributed by atoms with Crippen molar-refractivity contribution in [3.8, 4) is 5.75 Å². The minimum Gasteiger partial charge on any atom is -0.497 e. The van der Waals surface area contributed by atoms with E-state index in [0.29, 0.717) is 15.8 Å². The Hall–Kier alpha value is -2.34. The van der Waals surface area contributed by atoms with Gasteiger partial charge in [0, 0.05) is 16.2 Å². The summed E-state index contributed by atoms with van der Waals surface area (Å²) in [6.07, 6.45) is 0.803. The molecule has 2 aromatic carbocycles. The third kappa shape index (κ3) is 3.54. The lowest BCUT2D eigenvalue weighted by atomic mass is 10.1. The van der Waals surface area contributed by atoms with Crippen LogP contribution in [-0.2, 0) is 16.0 Å². The van der Waals surface area contributed by atoms with Gasteiger partial charge in [-0.1, -0.05) is 18.2 Å².